The second-order valence-corrected chi connectivity index (χ2v) is 12.9. The molecule has 2 saturated carbocycles. The molecule has 4 N–H and O–H groups in total. The molecular formula is C34H31F8N5O5. The Bertz CT molecular complexity index is 2070. The summed E-state index contributed by atoms with van der Waals surface area (Å²) in [6.45, 7) is 6.03. The van der Waals surface area contributed by atoms with E-state index in [1.807, 2.05) is 16.6 Å². The van der Waals surface area contributed by atoms with Crippen LogP contribution in [0.3, 0.4) is 0 Å². The van der Waals surface area contributed by atoms with Gasteiger partial charge in [-0.15, -0.1) is 6.42 Å². The SMILES string of the molecule is C#Cc1c(F)ccc2cc(O)cc(-c3nc(N(C)C(C)C)c4c(C5[C@H]6CNC[C@@H]56)nn(C5CC5)c4c3F)c12.O=C(O)C(F)(F)F.O=C(O)C(F)(F)F. The van der Waals surface area contributed by atoms with Gasteiger partial charge >= 0.3 is 24.3 Å². The molecule has 0 spiro atoms. The lowest BCUT2D eigenvalue weighted by Gasteiger charge is -2.25. The number of phenols is 1. The minimum Gasteiger partial charge on any atom is -0.508 e. The highest BCUT2D eigenvalue weighted by atomic mass is 19.4. The van der Waals surface area contributed by atoms with Gasteiger partial charge in [0.1, 0.15) is 28.6 Å². The molecule has 10 nitrogen and oxygen atoms in total. The van der Waals surface area contributed by atoms with Gasteiger partial charge in [-0.25, -0.2) is 23.4 Å². The summed E-state index contributed by atoms with van der Waals surface area (Å²) in [5, 5.41) is 35.0. The van der Waals surface area contributed by atoms with Crippen LogP contribution in [-0.2, 0) is 9.59 Å². The van der Waals surface area contributed by atoms with Gasteiger partial charge in [-0.05, 0) is 75.2 Å². The quantitative estimate of drug-likeness (QED) is 0.132. The van der Waals surface area contributed by atoms with Crippen molar-refractivity contribution in [3.05, 3.63) is 47.2 Å². The van der Waals surface area contributed by atoms with E-state index in [9.17, 15) is 35.8 Å². The predicted octanol–water partition coefficient (Wildman–Crippen LogP) is 6.60. The lowest BCUT2D eigenvalue weighted by molar-refractivity contribution is -0.193. The Morgan fingerprint density at radius 1 is 1.00 bits per heavy atom. The zero-order valence-electron chi connectivity index (χ0n) is 27.6. The number of piperidine rings is 1. The Kier molecular flexibility index (Phi) is 10.1. The summed E-state index contributed by atoms with van der Waals surface area (Å²) in [7, 11) is 1.95. The first-order valence-corrected chi connectivity index (χ1v) is 15.8. The molecule has 2 aliphatic carbocycles. The molecule has 278 valence electrons. The number of halogens is 8. The van der Waals surface area contributed by atoms with Gasteiger partial charge in [0.15, 0.2) is 5.82 Å². The number of pyridine rings is 1. The van der Waals surface area contributed by atoms with E-state index in [4.69, 9.17) is 36.3 Å². The molecule has 18 heteroatoms. The van der Waals surface area contributed by atoms with Crippen LogP contribution < -0.4 is 10.2 Å². The minimum absolute atomic E-state index is 0.0206. The summed E-state index contributed by atoms with van der Waals surface area (Å²) in [4.78, 5) is 24.8. The van der Waals surface area contributed by atoms with E-state index < -0.39 is 35.9 Å². The molecule has 7 rings (SSSR count). The fourth-order valence-electron chi connectivity index (χ4n) is 6.28. The Morgan fingerprint density at radius 2 is 1.56 bits per heavy atom. The van der Waals surface area contributed by atoms with Crippen molar-refractivity contribution < 1.29 is 60.0 Å². The van der Waals surface area contributed by atoms with Crippen LogP contribution in [0.15, 0.2) is 24.3 Å². The lowest BCUT2D eigenvalue weighted by Crippen LogP contribution is -2.27. The number of benzene rings is 2. The largest absolute Gasteiger partial charge is 0.508 e. The molecule has 52 heavy (non-hydrogen) atoms. The molecule has 2 aromatic carbocycles. The minimum atomic E-state index is -5.08. The molecule has 4 aromatic rings. The van der Waals surface area contributed by atoms with Crippen molar-refractivity contribution in [2.24, 2.45) is 11.8 Å². The molecule has 1 saturated heterocycles. The van der Waals surface area contributed by atoms with Crippen molar-refractivity contribution in [1.29, 1.82) is 0 Å². The maximum Gasteiger partial charge on any atom is 0.490 e. The number of rotatable bonds is 5. The highest BCUT2D eigenvalue weighted by Crippen LogP contribution is 2.58. The van der Waals surface area contributed by atoms with Crippen LogP contribution in [0.1, 0.15) is 49.9 Å². The number of phenolic OH excluding ortho intramolecular Hbond substituents is 1. The van der Waals surface area contributed by atoms with Crippen molar-refractivity contribution in [1.82, 2.24) is 20.1 Å². The summed E-state index contributed by atoms with van der Waals surface area (Å²) in [6.07, 6.45) is -2.56. The highest BCUT2D eigenvalue weighted by Gasteiger charge is 2.56. The zero-order valence-corrected chi connectivity index (χ0v) is 27.6. The molecule has 3 heterocycles. The van der Waals surface area contributed by atoms with E-state index in [1.54, 1.807) is 6.07 Å². The second kappa shape index (κ2) is 13.7. The number of hydrogen-bond acceptors (Lipinski definition) is 7. The standard InChI is InChI=1S/C30H29F2N5O.2C2HF3O2/c1-5-18-22(31)9-6-15-10-17(38)11-19(23(15)18)27-26(32)29-25(30(34-27)36(4)14(2)3)28(35-37(29)16-7-8-16)24-20-12-33-13-21(20)24;2*3-2(4,5)1(6)7/h1,6,9-11,14,16,20-21,24,33,38H,7-8,12-13H2,2-4H3;2*(H,6,7)/t20-,21+,24?;;. The summed E-state index contributed by atoms with van der Waals surface area (Å²) in [5.41, 5.74) is 1.69. The van der Waals surface area contributed by atoms with Gasteiger partial charge in [0.2, 0.25) is 0 Å². The lowest BCUT2D eigenvalue weighted by atomic mass is 9.95. The molecule has 1 aliphatic heterocycles. The van der Waals surface area contributed by atoms with Crippen LogP contribution in [0.2, 0.25) is 0 Å². The first-order valence-electron chi connectivity index (χ1n) is 15.8. The monoisotopic (exact) mass is 741 g/mol. The van der Waals surface area contributed by atoms with Gasteiger partial charge in [0.05, 0.1) is 22.7 Å². The van der Waals surface area contributed by atoms with Gasteiger partial charge in [-0.3, -0.25) is 4.68 Å². The molecule has 3 fully saturated rings. The third-order valence-electron chi connectivity index (χ3n) is 9.14. The number of anilines is 1. The fourth-order valence-corrected chi connectivity index (χ4v) is 6.28. The average Bonchev–Trinajstić information content (AvgIpc) is 3.93. The predicted molar refractivity (Wildman–Crippen MR) is 172 cm³/mol. The van der Waals surface area contributed by atoms with Crippen molar-refractivity contribution >= 4 is 39.4 Å². The summed E-state index contributed by atoms with van der Waals surface area (Å²) < 4.78 is 97.0. The number of terminal acetylenes is 1. The molecule has 0 amide bonds. The average molecular weight is 742 g/mol. The molecule has 2 aromatic heterocycles. The highest BCUT2D eigenvalue weighted by molar-refractivity contribution is 6.04. The fraction of sp³-hybridized carbons (Fsp3) is 0.412. The first kappa shape index (κ1) is 38.1. The summed E-state index contributed by atoms with van der Waals surface area (Å²) >= 11 is 0. The maximum atomic E-state index is 16.8. The van der Waals surface area contributed by atoms with Crippen molar-refractivity contribution in [2.75, 3.05) is 25.0 Å². The number of carboxylic acids is 2. The second-order valence-electron chi connectivity index (χ2n) is 12.9. The zero-order chi connectivity index (χ0) is 38.6. The van der Waals surface area contributed by atoms with E-state index in [2.05, 4.69) is 25.1 Å². The Balaban J connectivity index is 0.000000318. The van der Waals surface area contributed by atoms with Gasteiger partial charge < -0.3 is 25.5 Å². The van der Waals surface area contributed by atoms with Crippen LogP contribution >= 0.6 is 0 Å². The number of nitrogens with zero attached hydrogens (tertiary/aromatic N) is 4. The topological polar surface area (TPSA) is 141 Å². The summed E-state index contributed by atoms with van der Waals surface area (Å²) in [5.74, 6) is -2.30. The van der Waals surface area contributed by atoms with Crippen LogP contribution in [0.4, 0.5) is 40.9 Å². The number of aromatic nitrogens is 3. The number of carbonyl (C=O) groups is 2. The van der Waals surface area contributed by atoms with Gasteiger partial charge in [0, 0.05) is 30.0 Å². The number of aliphatic carboxylic acids is 2. The normalized spacial score (nSPS) is 19.3. The van der Waals surface area contributed by atoms with E-state index in [0.717, 1.165) is 37.0 Å². The number of aromatic hydroxyl groups is 1. The van der Waals surface area contributed by atoms with Crippen LogP contribution in [-0.4, -0.2) is 80.6 Å². The number of carboxylic acid groups (broad SMARTS) is 2. The first-order chi connectivity index (χ1) is 24.2. The molecule has 3 atom stereocenters. The van der Waals surface area contributed by atoms with Crippen LogP contribution in [0, 0.1) is 35.8 Å². The number of alkyl halides is 6. The van der Waals surface area contributed by atoms with E-state index in [-0.39, 0.29) is 40.6 Å². The summed E-state index contributed by atoms with van der Waals surface area (Å²) in [6, 6.07) is 5.96. The van der Waals surface area contributed by atoms with E-state index in [1.165, 1.54) is 18.2 Å². The van der Waals surface area contributed by atoms with Gasteiger partial charge in [-0.1, -0.05) is 12.0 Å². The van der Waals surface area contributed by atoms with Crippen molar-refractivity contribution in [3.8, 4) is 29.4 Å². The number of nitrogens with one attached hydrogen (secondary N) is 1. The van der Waals surface area contributed by atoms with E-state index in [0.29, 0.717) is 33.9 Å². The maximum absolute atomic E-state index is 16.8. The molecule has 0 radical (unpaired) electrons. The van der Waals surface area contributed by atoms with Crippen molar-refractivity contribution in [2.45, 2.75) is 57.0 Å². The Labute approximate surface area is 290 Å². The molecule has 1 unspecified atom stereocenters. The molecule has 0 bridgehead atoms. The van der Waals surface area contributed by atoms with E-state index >= 15 is 4.39 Å². The van der Waals surface area contributed by atoms with Crippen LogP contribution in [0.5, 0.6) is 5.75 Å². The number of fused-ring (bicyclic) bond motifs is 3. The third-order valence-corrected chi connectivity index (χ3v) is 9.14. The van der Waals surface area contributed by atoms with Gasteiger partial charge in [-0.2, -0.15) is 31.4 Å². The third kappa shape index (κ3) is 7.27. The smallest absolute Gasteiger partial charge is 0.490 e. The Morgan fingerprint density at radius 3 is 2.04 bits per heavy atom. The Hall–Kier alpha value is -5.18. The molecule has 3 aliphatic rings. The molecular weight excluding hydrogens is 710 g/mol. The van der Waals surface area contributed by atoms with Crippen molar-refractivity contribution in [3.63, 3.8) is 0 Å². The number of hydrogen-bond donors (Lipinski definition) is 4. The van der Waals surface area contributed by atoms with Crippen LogP contribution in [0.25, 0.3) is 32.9 Å². The van der Waals surface area contributed by atoms with Gasteiger partial charge in [0.25, 0.3) is 0 Å².